The lowest BCUT2D eigenvalue weighted by atomic mass is 10.0. The summed E-state index contributed by atoms with van der Waals surface area (Å²) in [6, 6.07) is 0.0879. The van der Waals surface area contributed by atoms with Crippen LogP contribution in [-0.2, 0) is 4.79 Å². The van der Waals surface area contributed by atoms with Crippen molar-refractivity contribution in [2.75, 3.05) is 0 Å². The van der Waals surface area contributed by atoms with Crippen LogP contribution in [0.3, 0.4) is 0 Å². The maximum absolute atomic E-state index is 11.6. The monoisotopic (exact) mass is 241 g/mol. The van der Waals surface area contributed by atoms with Crippen LogP contribution in [0, 0.1) is 5.53 Å². The number of carbonyl (C=O) groups excluding carboxylic acids is 1. The van der Waals surface area contributed by atoms with E-state index in [1.165, 1.54) is 19.3 Å². The molecule has 0 saturated carbocycles. The van der Waals surface area contributed by atoms with E-state index in [2.05, 4.69) is 17.4 Å². The minimum atomic E-state index is -0.129. The standard InChI is InChI=1S/C13H27N3O/c1-4-6-7-8-9-12(16-14)10-13(17)15-11(3)5-2/h11-12,14H,4-10H2,1-3H3,(H,15,17). The van der Waals surface area contributed by atoms with Crippen LogP contribution in [0.25, 0.3) is 0 Å². The van der Waals surface area contributed by atoms with Gasteiger partial charge < -0.3 is 5.32 Å². The van der Waals surface area contributed by atoms with Gasteiger partial charge in [0.05, 0.1) is 12.5 Å². The summed E-state index contributed by atoms with van der Waals surface area (Å²) in [7, 11) is 0. The summed E-state index contributed by atoms with van der Waals surface area (Å²) in [5.41, 5.74) is 7.11. The van der Waals surface area contributed by atoms with Gasteiger partial charge in [0.2, 0.25) is 5.91 Å². The SMILES string of the molecule is CCCCCCC(CC(=O)NC(C)CC)N=N. The molecule has 0 aromatic carbocycles. The quantitative estimate of drug-likeness (QED) is 0.445. The molecular formula is C13H27N3O. The van der Waals surface area contributed by atoms with Gasteiger partial charge in [-0.1, -0.05) is 39.5 Å². The third-order valence-electron chi connectivity index (χ3n) is 3.01. The van der Waals surface area contributed by atoms with E-state index in [1.54, 1.807) is 0 Å². The molecule has 0 aliphatic carbocycles. The van der Waals surface area contributed by atoms with E-state index in [9.17, 15) is 4.79 Å². The number of carbonyl (C=O) groups is 1. The minimum absolute atomic E-state index is 0.0239. The maximum Gasteiger partial charge on any atom is 0.222 e. The molecule has 0 heterocycles. The van der Waals surface area contributed by atoms with Crippen LogP contribution >= 0.6 is 0 Å². The molecule has 4 nitrogen and oxygen atoms in total. The second kappa shape index (κ2) is 10.2. The van der Waals surface area contributed by atoms with Gasteiger partial charge in [0.15, 0.2) is 0 Å². The number of nitrogens with zero attached hydrogens (tertiary/aromatic N) is 1. The normalized spacial score (nSPS) is 14.1. The molecule has 0 radical (unpaired) electrons. The predicted octanol–water partition coefficient (Wildman–Crippen LogP) is 3.66. The van der Waals surface area contributed by atoms with Gasteiger partial charge in [0, 0.05) is 6.04 Å². The Kier molecular flexibility index (Phi) is 9.68. The molecular weight excluding hydrogens is 214 g/mol. The van der Waals surface area contributed by atoms with Crippen molar-refractivity contribution in [2.45, 2.75) is 77.8 Å². The first-order chi connectivity index (χ1) is 8.13. The second-order valence-corrected chi connectivity index (χ2v) is 4.71. The average molecular weight is 241 g/mol. The molecule has 0 rings (SSSR count). The number of rotatable bonds is 10. The van der Waals surface area contributed by atoms with Crippen LogP contribution in [0.2, 0.25) is 0 Å². The minimum Gasteiger partial charge on any atom is -0.354 e. The van der Waals surface area contributed by atoms with E-state index >= 15 is 0 Å². The van der Waals surface area contributed by atoms with Crippen molar-refractivity contribution in [1.29, 1.82) is 5.53 Å². The molecule has 0 aliphatic rings. The molecule has 0 aromatic heterocycles. The summed E-state index contributed by atoms with van der Waals surface area (Å²) in [5, 5.41) is 6.46. The highest BCUT2D eigenvalue weighted by Gasteiger charge is 2.13. The van der Waals surface area contributed by atoms with Crippen molar-refractivity contribution < 1.29 is 4.79 Å². The van der Waals surface area contributed by atoms with Crippen LogP contribution < -0.4 is 5.32 Å². The average Bonchev–Trinajstić information content (AvgIpc) is 2.32. The molecule has 4 heteroatoms. The predicted molar refractivity (Wildman–Crippen MR) is 70.2 cm³/mol. The van der Waals surface area contributed by atoms with Crippen molar-refractivity contribution in [1.82, 2.24) is 5.32 Å². The zero-order chi connectivity index (χ0) is 13.1. The molecule has 100 valence electrons. The van der Waals surface area contributed by atoms with Gasteiger partial charge >= 0.3 is 0 Å². The van der Waals surface area contributed by atoms with Crippen molar-refractivity contribution in [3.8, 4) is 0 Å². The summed E-state index contributed by atoms with van der Waals surface area (Å²) in [5.74, 6) is 0.0239. The van der Waals surface area contributed by atoms with Crippen molar-refractivity contribution in [2.24, 2.45) is 5.11 Å². The van der Waals surface area contributed by atoms with Gasteiger partial charge in [-0.05, 0) is 19.8 Å². The molecule has 0 bridgehead atoms. The molecule has 0 aromatic rings. The topological polar surface area (TPSA) is 65.3 Å². The van der Waals surface area contributed by atoms with Crippen LogP contribution in [0.5, 0.6) is 0 Å². The smallest absolute Gasteiger partial charge is 0.222 e. The second-order valence-electron chi connectivity index (χ2n) is 4.71. The fourth-order valence-corrected chi connectivity index (χ4v) is 1.67. The van der Waals surface area contributed by atoms with E-state index in [0.717, 1.165) is 19.3 Å². The Bertz CT molecular complexity index is 219. The molecule has 1 amide bonds. The molecule has 2 atom stereocenters. The summed E-state index contributed by atoms with van der Waals surface area (Å²) in [4.78, 5) is 11.6. The fraction of sp³-hybridized carbons (Fsp3) is 0.923. The number of unbranched alkanes of at least 4 members (excludes halogenated alkanes) is 3. The molecule has 2 N–H and O–H groups in total. The van der Waals surface area contributed by atoms with E-state index in [0.29, 0.717) is 6.42 Å². The van der Waals surface area contributed by atoms with E-state index in [-0.39, 0.29) is 18.0 Å². The van der Waals surface area contributed by atoms with Crippen molar-refractivity contribution in [3.63, 3.8) is 0 Å². The van der Waals surface area contributed by atoms with E-state index < -0.39 is 0 Å². The molecule has 17 heavy (non-hydrogen) atoms. The number of hydrogen-bond donors (Lipinski definition) is 2. The highest BCUT2D eigenvalue weighted by atomic mass is 16.1. The molecule has 2 unspecified atom stereocenters. The highest BCUT2D eigenvalue weighted by molar-refractivity contribution is 5.76. The summed E-state index contributed by atoms with van der Waals surface area (Å²) < 4.78 is 0. The van der Waals surface area contributed by atoms with Crippen LogP contribution in [0.1, 0.15) is 65.7 Å². The third-order valence-corrected chi connectivity index (χ3v) is 3.01. The summed E-state index contributed by atoms with van der Waals surface area (Å²) in [6.45, 7) is 6.21. The Hall–Kier alpha value is -0.930. The van der Waals surface area contributed by atoms with Crippen LogP contribution in [0.4, 0.5) is 0 Å². The first-order valence-corrected chi connectivity index (χ1v) is 6.79. The Labute approximate surface area is 105 Å². The number of amides is 1. The lowest BCUT2D eigenvalue weighted by Crippen LogP contribution is -2.33. The highest BCUT2D eigenvalue weighted by Crippen LogP contribution is 2.11. The van der Waals surface area contributed by atoms with Gasteiger partial charge in [0.25, 0.3) is 0 Å². The Morgan fingerprint density at radius 3 is 2.53 bits per heavy atom. The molecule has 0 saturated heterocycles. The first-order valence-electron chi connectivity index (χ1n) is 6.79. The first kappa shape index (κ1) is 16.1. The Morgan fingerprint density at radius 2 is 2.00 bits per heavy atom. The maximum atomic E-state index is 11.6. The lowest BCUT2D eigenvalue weighted by molar-refractivity contribution is -0.122. The van der Waals surface area contributed by atoms with Crippen LogP contribution in [0.15, 0.2) is 5.11 Å². The number of hydrogen-bond acceptors (Lipinski definition) is 3. The van der Waals surface area contributed by atoms with Gasteiger partial charge in [-0.15, -0.1) is 0 Å². The van der Waals surface area contributed by atoms with Gasteiger partial charge in [-0.3, -0.25) is 4.79 Å². The van der Waals surface area contributed by atoms with Crippen LogP contribution in [-0.4, -0.2) is 18.0 Å². The Balaban J connectivity index is 3.79. The Morgan fingerprint density at radius 1 is 1.29 bits per heavy atom. The van der Waals surface area contributed by atoms with Gasteiger partial charge in [-0.2, -0.15) is 5.11 Å². The van der Waals surface area contributed by atoms with Crippen molar-refractivity contribution >= 4 is 5.91 Å². The molecule has 0 fully saturated rings. The largest absolute Gasteiger partial charge is 0.354 e. The molecule has 0 aliphatic heterocycles. The van der Waals surface area contributed by atoms with Gasteiger partial charge in [-0.25, -0.2) is 5.53 Å². The summed E-state index contributed by atoms with van der Waals surface area (Å²) >= 11 is 0. The van der Waals surface area contributed by atoms with E-state index in [1.807, 2.05) is 13.8 Å². The lowest BCUT2D eigenvalue weighted by Gasteiger charge is -2.14. The van der Waals surface area contributed by atoms with Gasteiger partial charge in [0.1, 0.15) is 0 Å². The van der Waals surface area contributed by atoms with E-state index in [4.69, 9.17) is 5.53 Å². The fourth-order valence-electron chi connectivity index (χ4n) is 1.67. The zero-order valence-corrected chi connectivity index (χ0v) is 11.5. The molecule has 0 spiro atoms. The number of nitrogens with one attached hydrogen (secondary N) is 2. The summed E-state index contributed by atoms with van der Waals surface area (Å²) in [6.07, 6.45) is 6.83. The third kappa shape index (κ3) is 8.83. The zero-order valence-electron chi connectivity index (χ0n) is 11.5. The van der Waals surface area contributed by atoms with Crippen molar-refractivity contribution in [3.05, 3.63) is 0 Å².